The van der Waals surface area contributed by atoms with Crippen LogP contribution in [0.4, 0.5) is 16.2 Å². The van der Waals surface area contributed by atoms with E-state index in [1.54, 1.807) is 24.3 Å². The SMILES string of the molecule is COc1cc(OC)c(NC(=O)Nc2cccc(Br)c2)cc1Cl. The Morgan fingerprint density at radius 2 is 1.82 bits per heavy atom. The second kappa shape index (κ2) is 7.38. The summed E-state index contributed by atoms with van der Waals surface area (Å²) in [6.07, 6.45) is 0. The Labute approximate surface area is 141 Å². The van der Waals surface area contributed by atoms with Crippen LogP contribution in [0.5, 0.6) is 11.5 Å². The Morgan fingerprint density at radius 3 is 2.45 bits per heavy atom. The van der Waals surface area contributed by atoms with Gasteiger partial charge in [-0.3, -0.25) is 0 Å². The zero-order valence-electron chi connectivity index (χ0n) is 11.9. The second-order valence-electron chi connectivity index (χ2n) is 4.28. The third-order valence-electron chi connectivity index (χ3n) is 2.80. The van der Waals surface area contributed by atoms with E-state index >= 15 is 0 Å². The molecule has 0 saturated carbocycles. The molecule has 0 unspecified atom stereocenters. The van der Waals surface area contributed by atoms with Gasteiger partial charge < -0.3 is 20.1 Å². The molecule has 0 radical (unpaired) electrons. The van der Waals surface area contributed by atoms with Gasteiger partial charge in [0.2, 0.25) is 0 Å². The predicted octanol–water partition coefficient (Wildman–Crippen LogP) is 4.76. The molecule has 0 aliphatic rings. The topological polar surface area (TPSA) is 59.6 Å². The summed E-state index contributed by atoms with van der Waals surface area (Å²) in [4.78, 5) is 12.1. The average molecular weight is 386 g/mol. The van der Waals surface area contributed by atoms with Crippen LogP contribution < -0.4 is 20.1 Å². The van der Waals surface area contributed by atoms with Gasteiger partial charge in [-0.25, -0.2) is 4.79 Å². The minimum Gasteiger partial charge on any atom is -0.495 e. The van der Waals surface area contributed by atoms with E-state index < -0.39 is 6.03 Å². The first kappa shape index (κ1) is 16.5. The fraction of sp³-hybridized carbons (Fsp3) is 0.133. The molecule has 116 valence electrons. The summed E-state index contributed by atoms with van der Waals surface area (Å²) in [7, 11) is 3.01. The van der Waals surface area contributed by atoms with E-state index in [0.29, 0.717) is 27.9 Å². The van der Waals surface area contributed by atoms with Gasteiger partial charge in [0.15, 0.2) is 0 Å². The molecule has 2 aromatic carbocycles. The molecule has 2 N–H and O–H groups in total. The van der Waals surface area contributed by atoms with E-state index in [1.807, 2.05) is 12.1 Å². The number of rotatable bonds is 4. The highest BCUT2D eigenvalue weighted by Gasteiger charge is 2.12. The van der Waals surface area contributed by atoms with Crippen molar-refractivity contribution in [3.8, 4) is 11.5 Å². The Morgan fingerprint density at radius 1 is 1.09 bits per heavy atom. The summed E-state index contributed by atoms with van der Waals surface area (Å²) in [6.45, 7) is 0. The Balaban J connectivity index is 2.16. The van der Waals surface area contributed by atoms with Crippen LogP contribution in [0, 0.1) is 0 Å². The second-order valence-corrected chi connectivity index (χ2v) is 5.60. The fourth-order valence-electron chi connectivity index (χ4n) is 1.81. The summed E-state index contributed by atoms with van der Waals surface area (Å²) >= 11 is 9.41. The zero-order chi connectivity index (χ0) is 16.1. The van der Waals surface area contributed by atoms with E-state index in [-0.39, 0.29) is 0 Å². The molecule has 0 atom stereocenters. The molecule has 7 heteroatoms. The van der Waals surface area contributed by atoms with Crippen LogP contribution in [0.1, 0.15) is 0 Å². The highest BCUT2D eigenvalue weighted by molar-refractivity contribution is 9.10. The minimum absolute atomic E-state index is 0.376. The highest BCUT2D eigenvalue weighted by atomic mass is 79.9. The number of anilines is 2. The number of amides is 2. The largest absolute Gasteiger partial charge is 0.495 e. The zero-order valence-corrected chi connectivity index (χ0v) is 14.3. The van der Waals surface area contributed by atoms with Crippen LogP contribution in [0.15, 0.2) is 40.9 Å². The molecule has 22 heavy (non-hydrogen) atoms. The number of hydrogen-bond donors (Lipinski definition) is 2. The van der Waals surface area contributed by atoms with Gasteiger partial charge in [0, 0.05) is 16.2 Å². The molecule has 5 nitrogen and oxygen atoms in total. The Bertz CT molecular complexity index is 694. The molecule has 0 bridgehead atoms. The van der Waals surface area contributed by atoms with Crippen molar-refractivity contribution in [1.29, 1.82) is 0 Å². The molecular weight excluding hydrogens is 372 g/mol. The fourth-order valence-corrected chi connectivity index (χ4v) is 2.45. The van der Waals surface area contributed by atoms with Gasteiger partial charge in [-0.15, -0.1) is 0 Å². The molecule has 2 amide bonds. The van der Waals surface area contributed by atoms with Crippen molar-refractivity contribution < 1.29 is 14.3 Å². The molecule has 0 saturated heterocycles. The number of carbonyl (C=O) groups excluding carboxylic acids is 1. The van der Waals surface area contributed by atoms with Crippen LogP contribution >= 0.6 is 27.5 Å². The van der Waals surface area contributed by atoms with Gasteiger partial charge in [-0.05, 0) is 24.3 Å². The molecule has 0 aromatic heterocycles. The smallest absolute Gasteiger partial charge is 0.323 e. The maximum atomic E-state index is 12.1. The summed E-state index contributed by atoms with van der Waals surface area (Å²) in [5, 5.41) is 5.79. The number of ether oxygens (including phenoxy) is 2. The Hall–Kier alpha value is -1.92. The van der Waals surface area contributed by atoms with E-state index in [4.69, 9.17) is 21.1 Å². The number of nitrogens with one attached hydrogen (secondary N) is 2. The lowest BCUT2D eigenvalue weighted by Gasteiger charge is -2.13. The summed E-state index contributed by atoms with van der Waals surface area (Å²) in [5.41, 5.74) is 1.10. The normalized spacial score (nSPS) is 10.0. The summed E-state index contributed by atoms with van der Waals surface area (Å²) in [6, 6.07) is 10.0. The van der Waals surface area contributed by atoms with Crippen molar-refractivity contribution in [2.45, 2.75) is 0 Å². The average Bonchev–Trinajstić information content (AvgIpc) is 2.47. The maximum absolute atomic E-state index is 12.1. The van der Waals surface area contributed by atoms with Gasteiger partial charge in [-0.1, -0.05) is 33.6 Å². The molecule has 0 fully saturated rings. The quantitative estimate of drug-likeness (QED) is 0.797. The van der Waals surface area contributed by atoms with Gasteiger partial charge in [0.1, 0.15) is 11.5 Å². The van der Waals surface area contributed by atoms with Crippen molar-refractivity contribution in [2.75, 3.05) is 24.9 Å². The number of hydrogen-bond acceptors (Lipinski definition) is 3. The molecular formula is C15H14BrClN2O3. The van der Waals surface area contributed by atoms with Gasteiger partial charge in [0.25, 0.3) is 0 Å². The van der Waals surface area contributed by atoms with Crippen molar-refractivity contribution in [1.82, 2.24) is 0 Å². The maximum Gasteiger partial charge on any atom is 0.323 e. The van der Waals surface area contributed by atoms with Gasteiger partial charge >= 0.3 is 6.03 Å². The van der Waals surface area contributed by atoms with Gasteiger partial charge in [0.05, 0.1) is 24.9 Å². The predicted molar refractivity (Wildman–Crippen MR) is 91.3 cm³/mol. The minimum atomic E-state index is -0.405. The van der Waals surface area contributed by atoms with Crippen LogP contribution in [-0.4, -0.2) is 20.3 Å². The van der Waals surface area contributed by atoms with Crippen LogP contribution in [0.2, 0.25) is 5.02 Å². The molecule has 2 aromatic rings. The number of urea groups is 1. The lowest BCUT2D eigenvalue weighted by atomic mass is 10.2. The van der Waals surface area contributed by atoms with E-state index in [2.05, 4.69) is 26.6 Å². The lowest BCUT2D eigenvalue weighted by molar-refractivity contribution is 0.262. The number of methoxy groups -OCH3 is 2. The first-order chi connectivity index (χ1) is 10.5. The van der Waals surface area contributed by atoms with E-state index in [1.165, 1.54) is 14.2 Å². The van der Waals surface area contributed by atoms with Crippen LogP contribution in [0.3, 0.4) is 0 Å². The van der Waals surface area contributed by atoms with Crippen molar-refractivity contribution in [3.63, 3.8) is 0 Å². The van der Waals surface area contributed by atoms with E-state index in [9.17, 15) is 4.79 Å². The molecule has 0 heterocycles. The van der Waals surface area contributed by atoms with Crippen molar-refractivity contribution >= 4 is 44.9 Å². The summed E-state index contributed by atoms with van der Waals surface area (Å²) < 4.78 is 11.2. The molecule has 0 spiro atoms. The first-order valence-electron chi connectivity index (χ1n) is 6.28. The van der Waals surface area contributed by atoms with Crippen molar-refractivity contribution in [3.05, 3.63) is 45.9 Å². The first-order valence-corrected chi connectivity index (χ1v) is 7.45. The van der Waals surface area contributed by atoms with E-state index in [0.717, 1.165) is 4.47 Å². The lowest BCUT2D eigenvalue weighted by Crippen LogP contribution is -2.19. The number of carbonyl (C=O) groups is 1. The van der Waals surface area contributed by atoms with Crippen molar-refractivity contribution in [2.24, 2.45) is 0 Å². The highest BCUT2D eigenvalue weighted by Crippen LogP contribution is 2.35. The number of halogens is 2. The Kier molecular flexibility index (Phi) is 5.51. The third kappa shape index (κ3) is 4.05. The summed E-state index contributed by atoms with van der Waals surface area (Å²) in [5.74, 6) is 0.919. The number of benzene rings is 2. The molecule has 0 aliphatic carbocycles. The molecule has 0 aliphatic heterocycles. The van der Waals surface area contributed by atoms with Gasteiger partial charge in [-0.2, -0.15) is 0 Å². The van der Waals surface area contributed by atoms with Crippen LogP contribution in [0.25, 0.3) is 0 Å². The molecule has 2 rings (SSSR count). The van der Waals surface area contributed by atoms with Crippen LogP contribution in [-0.2, 0) is 0 Å². The monoisotopic (exact) mass is 384 g/mol. The standard InChI is InChI=1S/C15H14BrClN2O3/c1-21-13-8-14(22-2)12(7-11(13)17)19-15(20)18-10-5-3-4-9(16)6-10/h3-8H,1-2H3,(H2,18,19,20). The third-order valence-corrected chi connectivity index (χ3v) is 3.59.